The highest BCUT2D eigenvalue weighted by Gasteiger charge is 2.16. The van der Waals surface area contributed by atoms with Crippen LogP contribution in [-0.4, -0.2) is 21.6 Å². The van der Waals surface area contributed by atoms with Gasteiger partial charge in [0, 0.05) is 0 Å². The summed E-state index contributed by atoms with van der Waals surface area (Å²) >= 11 is 0. The molecule has 0 unspecified atom stereocenters. The van der Waals surface area contributed by atoms with Gasteiger partial charge in [0.15, 0.2) is 0 Å². The molecule has 1 rings (SSSR count). The van der Waals surface area contributed by atoms with E-state index in [0.717, 1.165) is 18.2 Å². The van der Waals surface area contributed by atoms with Gasteiger partial charge in [0.05, 0.1) is 18.5 Å². The predicted octanol–water partition coefficient (Wildman–Crippen LogP) is 0.898. The minimum absolute atomic E-state index is 0.203. The average molecular weight is 273 g/mol. The van der Waals surface area contributed by atoms with Gasteiger partial charge in [0.25, 0.3) is 0 Å². The molecule has 0 saturated heterocycles. The summed E-state index contributed by atoms with van der Waals surface area (Å²) < 4.78 is 31.1. The van der Waals surface area contributed by atoms with E-state index in [9.17, 15) is 13.2 Å². The fourth-order valence-corrected chi connectivity index (χ4v) is 2.07. The summed E-state index contributed by atoms with van der Waals surface area (Å²) in [5.74, 6) is 0. The summed E-state index contributed by atoms with van der Waals surface area (Å²) in [6, 6.07) is 3.23. The standard InChI is InChI=1S/C10H15N3O4S/c1-6-4-8(11)9(5-7(6)2)12-18(15,16)13-10(14)17-3/h4-5,12H,11H2,1-3H3,(H,13,14). The van der Waals surface area contributed by atoms with Crippen molar-refractivity contribution in [2.75, 3.05) is 17.6 Å². The number of amides is 1. The second-order valence-electron chi connectivity index (χ2n) is 3.72. The van der Waals surface area contributed by atoms with E-state index in [2.05, 4.69) is 9.46 Å². The molecule has 0 saturated carbocycles. The van der Waals surface area contributed by atoms with Crippen molar-refractivity contribution < 1.29 is 17.9 Å². The molecule has 0 heterocycles. The lowest BCUT2D eigenvalue weighted by atomic mass is 10.1. The van der Waals surface area contributed by atoms with E-state index >= 15 is 0 Å². The van der Waals surface area contributed by atoms with Gasteiger partial charge in [0.1, 0.15) is 0 Å². The van der Waals surface area contributed by atoms with E-state index in [1.807, 2.05) is 13.8 Å². The SMILES string of the molecule is COC(=O)NS(=O)(=O)Nc1cc(C)c(C)cc1N. The first-order valence-electron chi connectivity index (χ1n) is 5.00. The van der Waals surface area contributed by atoms with E-state index in [4.69, 9.17) is 5.73 Å². The number of aryl methyl sites for hydroxylation is 2. The molecular weight excluding hydrogens is 258 g/mol. The molecule has 0 atom stereocenters. The van der Waals surface area contributed by atoms with Crippen LogP contribution in [0, 0.1) is 13.8 Å². The summed E-state index contributed by atoms with van der Waals surface area (Å²) in [4.78, 5) is 10.8. The summed E-state index contributed by atoms with van der Waals surface area (Å²) in [7, 11) is -2.99. The van der Waals surface area contributed by atoms with Gasteiger partial charge in [-0.15, -0.1) is 0 Å². The number of nitrogens with two attached hydrogens (primary N) is 1. The number of benzene rings is 1. The smallest absolute Gasteiger partial charge is 0.422 e. The average Bonchev–Trinajstić information content (AvgIpc) is 2.24. The Labute approximate surface area is 106 Å². The molecule has 8 heteroatoms. The van der Waals surface area contributed by atoms with Crippen LogP contribution in [0.5, 0.6) is 0 Å². The Kier molecular flexibility index (Phi) is 4.02. The number of carbonyl (C=O) groups excluding carboxylic acids is 1. The molecular formula is C10H15N3O4S. The second kappa shape index (κ2) is 5.13. The van der Waals surface area contributed by atoms with Crippen LogP contribution in [0.15, 0.2) is 12.1 Å². The highest BCUT2D eigenvalue weighted by Crippen LogP contribution is 2.23. The van der Waals surface area contributed by atoms with Crippen LogP contribution in [0.1, 0.15) is 11.1 Å². The molecule has 0 spiro atoms. The molecule has 0 aliphatic rings. The number of hydrogen-bond acceptors (Lipinski definition) is 5. The van der Waals surface area contributed by atoms with Crippen LogP contribution in [0.4, 0.5) is 16.2 Å². The quantitative estimate of drug-likeness (QED) is 0.708. The Bertz CT molecular complexity index is 569. The van der Waals surface area contributed by atoms with Gasteiger partial charge in [-0.1, -0.05) is 0 Å². The van der Waals surface area contributed by atoms with Gasteiger partial charge in [0.2, 0.25) is 0 Å². The Morgan fingerprint density at radius 3 is 2.39 bits per heavy atom. The van der Waals surface area contributed by atoms with Crippen LogP contribution in [0.3, 0.4) is 0 Å². The minimum atomic E-state index is -4.05. The number of ether oxygens (including phenoxy) is 1. The third-order valence-electron chi connectivity index (χ3n) is 2.31. The highest BCUT2D eigenvalue weighted by molar-refractivity contribution is 7.91. The number of carbonyl (C=O) groups is 1. The molecule has 1 amide bonds. The molecule has 0 aliphatic heterocycles. The van der Waals surface area contributed by atoms with Crippen molar-refractivity contribution >= 4 is 27.7 Å². The van der Waals surface area contributed by atoms with Crippen LogP contribution in [0.25, 0.3) is 0 Å². The second-order valence-corrected chi connectivity index (χ2v) is 5.14. The Morgan fingerprint density at radius 1 is 1.28 bits per heavy atom. The van der Waals surface area contributed by atoms with Crippen molar-refractivity contribution in [2.24, 2.45) is 0 Å². The number of rotatable bonds is 3. The van der Waals surface area contributed by atoms with E-state index < -0.39 is 16.3 Å². The van der Waals surface area contributed by atoms with E-state index in [1.54, 1.807) is 16.9 Å². The number of anilines is 2. The molecule has 1 aromatic rings. The molecule has 7 nitrogen and oxygen atoms in total. The summed E-state index contributed by atoms with van der Waals surface area (Å²) in [6.07, 6.45) is -1.08. The zero-order chi connectivity index (χ0) is 13.9. The van der Waals surface area contributed by atoms with Gasteiger partial charge >= 0.3 is 16.3 Å². The zero-order valence-electron chi connectivity index (χ0n) is 10.3. The molecule has 1 aromatic carbocycles. The van der Waals surface area contributed by atoms with Crippen molar-refractivity contribution in [3.63, 3.8) is 0 Å². The van der Waals surface area contributed by atoms with Gasteiger partial charge in [-0.25, -0.2) is 9.52 Å². The van der Waals surface area contributed by atoms with Gasteiger partial charge in [-0.3, -0.25) is 4.72 Å². The largest absolute Gasteiger partial charge is 0.452 e. The van der Waals surface area contributed by atoms with Gasteiger partial charge in [-0.2, -0.15) is 8.42 Å². The van der Waals surface area contributed by atoms with E-state index in [0.29, 0.717) is 0 Å². The third-order valence-corrected chi connectivity index (χ3v) is 3.24. The van der Waals surface area contributed by atoms with Crippen LogP contribution < -0.4 is 15.2 Å². The van der Waals surface area contributed by atoms with Gasteiger partial charge < -0.3 is 10.5 Å². The lowest BCUT2D eigenvalue weighted by Crippen LogP contribution is -2.35. The monoisotopic (exact) mass is 273 g/mol. The Balaban J connectivity index is 2.98. The first kappa shape index (κ1) is 14.1. The maximum Gasteiger partial charge on any atom is 0.422 e. The molecule has 0 fully saturated rings. The van der Waals surface area contributed by atoms with Crippen LogP contribution >= 0.6 is 0 Å². The third kappa shape index (κ3) is 3.52. The molecule has 0 radical (unpaired) electrons. The van der Waals surface area contributed by atoms with Crippen molar-refractivity contribution in [3.05, 3.63) is 23.3 Å². The van der Waals surface area contributed by atoms with Crippen molar-refractivity contribution in [2.45, 2.75) is 13.8 Å². The number of nitrogens with one attached hydrogen (secondary N) is 2. The lowest BCUT2D eigenvalue weighted by Gasteiger charge is -2.12. The molecule has 18 heavy (non-hydrogen) atoms. The molecule has 100 valence electrons. The summed E-state index contributed by atoms with van der Waals surface area (Å²) in [6.45, 7) is 3.68. The van der Waals surface area contributed by atoms with E-state index in [-0.39, 0.29) is 11.4 Å². The predicted molar refractivity (Wildman–Crippen MR) is 68.4 cm³/mol. The first-order chi connectivity index (χ1) is 8.25. The zero-order valence-corrected chi connectivity index (χ0v) is 11.1. The van der Waals surface area contributed by atoms with Crippen molar-refractivity contribution in [1.82, 2.24) is 4.72 Å². The van der Waals surface area contributed by atoms with Crippen LogP contribution in [-0.2, 0) is 14.9 Å². The molecule has 0 aliphatic carbocycles. The van der Waals surface area contributed by atoms with Gasteiger partial charge in [-0.05, 0) is 37.1 Å². The number of nitrogen functional groups attached to an aromatic ring is 1. The lowest BCUT2D eigenvalue weighted by molar-refractivity contribution is 0.177. The normalized spacial score (nSPS) is 10.8. The first-order valence-corrected chi connectivity index (χ1v) is 6.48. The maximum absolute atomic E-state index is 11.5. The summed E-state index contributed by atoms with van der Waals surface area (Å²) in [5, 5.41) is 0. The van der Waals surface area contributed by atoms with Crippen molar-refractivity contribution in [1.29, 1.82) is 0 Å². The Morgan fingerprint density at radius 2 is 1.83 bits per heavy atom. The summed E-state index contributed by atoms with van der Waals surface area (Å²) in [5.41, 5.74) is 7.98. The van der Waals surface area contributed by atoms with Crippen molar-refractivity contribution in [3.8, 4) is 0 Å². The fourth-order valence-electron chi connectivity index (χ4n) is 1.25. The molecule has 0 aromatic heterocycles. The maximum atomic E-state index is 11.5. The molecule has 4 N–H and O–H groups in total. The highest BCUT2D eigenvalue weighted by atomic mass is 32.2. The topological polar surface area (TPSA) is 111 Å². The number of hydrogen-bond donors (Lipinski definition) is 3. The van der Waals surface area contributed by atoms with E-state index in [1.165, 1.54) is 0 Å². The van der Waals surface area contributed by atoms with Crippen LogP contribution in [0.2, 0.25) is 0 Å². The minimum Gasteiger partial charge on any atom is -0.452 e. The Hall–Kier alpha value is -1.96. The fraction of sp³-hybridized carbons (Fsp3) is 0.300. The molecule has 0 bridgehead atoms. The number of methoxy groups -OCH3 is 1.